The van der Waals surface area contributed by atoms with Crippen molar-refractivity contribution in [1.29, 1.82) is 0 Å². The molecule has 17 nitrogen and oxygen atoms in total. The Balaban J connectivity index is 0.0000130. The number of hydrogen-bond acceptors (Lipinski definition) is 17. The molecule has 279 valence electrons. The molecule has 0 saturated heterocycles. The van der Waals surface area contributed by atoms with Crippen LogP contribution in [0.2, 0.25) is 0 Å². The van der Waals surface area contributed by atoms with Crippen molar-refractivity contribution in [2.45, 2.75) is 38.8 Å². The van der Waals surface area contributed by atoms with E-state index in [1.54, 1.807) is 0 Å². The summed E-state index contributed by atoms with van der Waals surface area (Å²) in [5.41, 5.74) is 1.53. The van der Waals surface area contributed by atoms with Crippen molar-refractivity contribution in [2.75, 3.05) is 59.0 Å². The van der Waals surface area contributed by atoms with E-state index in [0.29, 0.717) is 0 Å². The third kappa shape index (κ3) is 18.2. The molecule has 0 aliphatic carbocycles. The van der Waals surface area contributed by atoms with Crippen LogP contribution in [0.1, 0.15) is 41.3 Å². The Morgan fingerprint density at radius 1 is 0.667 bits per heavy atom. The summed E-state index contributed by atoms with van der Waals surface area (Å²) in [5, 5.41) is 68.7. The first kappa shape index (κ1) is 45.1. The number of hydrogen-bond donors (Lipinski definition) is 0. The molecule has 51 heavy (non-hydrogen) atoms. The summed E-state index contributed by atoms with van der Waals surface area (Å²) in [6.45, 7) is -4.11. The number of carboxylic acids is 6. The first-order chi connectivity index (χ1) is 23.7. The molecule has 0 N–H and O–H groups in total. The summed E-state index contributed by atoms with van der Waals surface area (Å²) in [7, 11) is 0. The molecule has 2 aromatic rings. The Labute approximate surface area is 326 Å². The quantitative estimate of drug-likeness (QED) is 0.0851. The molecule has 0 spiro atoms. The van der Waals surface area contributed by atoms with E-state index in [2.05, 4.69) is 6.92 Å². The summed E-state index contributed by atoms with van der Waals surface area (Å²) in [6, 6.07) is 10.2. The SMILES string of the molecule is CCCCc1ccc(COc2ccc(OCC(CN(CCN(CC(=O)[O-])CC(=O)[O-])CC(=O)[O-])N(CC(=O)[O-])CC(=O)[O-])c(C(=O)[O-])c2)cc1.[Gd+3]. The molecular weight excluding hydrogens is 820 g/mol. The van der Waals surface area contributed by atoms with Crippen molar-refractivity contribution in [1.82, 2.24) is 14.7 Å². The second-order valence-electron chi connectivity index (χ2n) is 11.3. The number of aromatic carboxylic acids is 1. The molecule has 0 heterocycles. The molecule has 1 radical (unpaired) electrons. The number of nitrogens with zero attached hydrogens (tertiary/aromatic N) is 3. The average Bonchev–Trinajstić information content (AvgIpc) is 3.02. The topological polar surface area (TPSA) is 269 Å². The van der Waals surface area contributed by atoms with E-state index < -0.39 is 93.3 Å². The molecule has 2 rings (SSSR count). The van der Waals surface area contributed by atoms with E-state index in [1.807, 2.05) is 24.3 Å². The number of aliphatic carboxylic acids is 5. The molecular formula is C33H37GdN3O14-3. The number of carbonyl (C=O) groups is 6. The zero-order chi connectivity index (χ0) is 37.2. The second kappa shape index (κ2) is 23.5. The van der Waals surface area contributed by atoms with Gasteiger partial charge in [-0.3, -0.25) is 14.7 Å². The van der Waals surface area contributed by atoms with Crippen LogP contribution in [-0.4, -0.2) is 116 Å². The molecule has 1 unspecified atom stereocenters. The number of ether oxygens (including phenoxy) is 2. The first-order valence-electron chi connectivity index (χ1n) is 15.5. The number of benzene rings is 2. The van der Waals surface area contributed by atoms with Gasteiger partial charge in [-0.05, 0) is 42.2 Å². The van der Waals surface area contributed by atoms with Crippen LogP contribution in [0.5, 0.6) is 11.5 Å². The van der Waals surface area contributed by atoms with E-state index in [4.69, 9.17) is 9.47 Å². The van der Waals surface area contributed by atoms with Crippen molar-refractivity contribution >= 4 is 35.8 Å². The van der Waals surface area contributed by atoms with Gasteiger partial charge in [0.25, 0.3) is 0 Å². The Kier molecular flexibility index (Phi) is 20.8. The van der Waals surface area contributed by atoms with Crippen LogP contribution in [0.3, 0.4) is 0 Å². The third-order valence-corrected chi connectivity index (χ3v) is 7.29. The van der Waals surface area contributed by atoms with Crippen LogP contribution < -0.4 is 40.1 Å². The maximum absolute atomic E-state index is 12.0. The minimum absolute atomic E-state index is 0. The largest absolute Gasteiger partial charge is 3.00 e. The number of carboxylic acid groups (broad SMARTS) is 6. The van der Waals surface area contributed by atoms with Crippen molar-refractivity contribution in [3.63, 3.8) is 0 Å². The van der Waals surface area contributed by atoms with Crippen molar-refractivity contribution in [3.05, 3.63) is 59.2 Å². The van der Waals surface area contributed by atoms with E-state index in [1.165, 1.54) is 17.7 Å². The molecule has 0 aliphatic heterocycles. The fourth-order valence-corrected chi connectivity index (χ4v) is 4.92. The third-order valence-electron chi connectivity index (χ3n) is 7.29. The molecule has 18 heteroatoms. The van der Waals surface area contributed by atoms with Crippen LogP contribution in [0.4, 0.5) is 0 Å². The Bertz CT molecular complexity index is 1440. The maximum Gasteiger partial charge on any atom is 3.00 e. The van der Waals surface area contributed by atoms with Gasteiger partial charge >= 0.3 is 39.9 Å². The standard InChI is InChI=1S/C33H43N3O14.Gd/c1-2-3-4-22-5-7-23(8-6-22)20-49-25-9-10-27(26(13-25)33(47)48)50-21-24(36(18-31(43)44)19-32(45)46)14-34(15-28(37)38)11-12-35(16-29(39)40)17-30(41)42;/h5-10,13,24H,2-4,11-12,14-21H2,1H3,(H,37,38)(H,39,40)(H,41,42)(H,43,44)(H,45,46)(H,47,48);/q;+3/p-6. The molecule has 0 fully saturated rings. The van der Waals surface area contributed by atoms with E-state index in [0.717, 1.165) is 45.6 Å². The molecule has 0 bridgehead atoms. The molecule has 0 aromatic heterocycles. The van der Waals surface area contributed by atoms with Gasteiger partial charge in [-0.15, -0.1) is 0 Å². The van der Waals surface area contributed by atoms with Crippen LogP contribution in [0.25, 0.3) is 0 Å². The van der Waals surface area contributed by atoms with E-state index in [9.17, 15) is 59.4 Å². The van der Waals surface area contributed by atoms with Gasteiger partial charge in [0.2, 0.25) is 0 Å². The van der Waals surface area contributed by atoms with Crippen molar-refractivity contribution < 1.29 is 109 Å². The fourth-order valence-electron chi connectivity index (χ4n) is 4.92. The Morgan fingerprint density at radius 3 is 1.69 bits per heavy atom. The zero-order valence-corrected chi connectivity index (χ0v) is 30.0. The van der Waals surface area contributed by atoms with Crippen molar-refractivity contribution in [3.8, 4) is 11.5 Å². The van der Waals surface area contributed by atoms with Gasteiger partial charge < -0.3 is 68.9 Å². The average molecular weight is 857 g/mol. The Hall–Kier alpha value is -3.94. The molecule has 0 aliphatic rings. The van der Waals surface area contributed by atoms with Gasteiger partial charge in [-0.2, -0.15) is 0 Å². The fraction of sp³-hybridized carbons (Fsp3) is 0.455. The normalized spacial score (nSPS) is 11.5. The summed E-state index contributed by atoms with van der Waals surface area (Å²) < 4.78 is 11.4. The molecule has 0 saturated carbocycles. The number of aryl methyl sites for hydroxylation is 1. The number of rotatable bonds is 26. The van der Waals surface area contributed by atoms with Gasteiger partial charge in [0.05, 0.1) is 41.9 Å². The van der Waals surface area contributed by atoms with Gasteiger partial charge in [0, 0.05) is 57.9 Å². The van der Waals surface area contributed by atoms with Gasteiger partial charge in [-0.1, -0.05) is 37.6 Å². The van der Waals surface area contributed by atoms with E-state index >= 15 is 0 Å². The minimum atomic E-state index is -1.72. The summed E-state index contributed by atoms with van der Waals surface area (Å²) in [5.74, 6) is -10.1. The van der Waals surface area contributed by atoms with Crippen LogP contribution in [-0.2, 0) is 37.0 Å². The molecule has 0 amide bonds. The molecule has 1 atom stereocenters. The Morgan fingerprint density at radius 2 is 1.18 bits per heavy atom. The van der Waals surface area contributed by atoms with E-state index in [-0.39, 0.29) is 71.1 Å². The van der Waals surface area contributed by atoms with Crippen LogP contribution in [0.15, 0.2) is 42.5 Å². The summed E-state index contributed by atoms with van der Waals surface area (Å²) in [6.07, 6.45) is 3.06. The van der Waals surface area contributed by atoms with Gasteiger partial charge in [0.1, 0.15) is 24.7 Å². The number of unbranched alkanes of at least 4 members (excludes halogenated alkanes) is 1. The second-order valence-corrected chi connectivity index (χ2v) is 11.3. The maximum atomic E-state index is 12.0. The van der Waals surface area contributed by atoms with Crippen LogP contribution >= 0.6 is 0 Å². The number of carbonyl (C=O) groups excluding carboxylic acids is 6. The zero-order valence-electron chi connectivity index (χ0n) is 27.7. The monoisotopic (exact) mass is 857 g/mol. The van der Waals surface area contributed by atoms with Gasteiger partial charge in [-0.25, -0.2) is 0 Å². The van der Waals surface area contributed by atoms with Gasteiger partial charge in [0.15, 0.2) is 0 Å². The summed E-state index contributed by atoms with van der Waals surface area (Å²) >= 11 is 0. The van der Waals surface area contributed by atoms with Crippen LogP contribution in [0, 0.1) is 39.9 Å². The van der Waals surface area contributed by atoms with Crippen molar-refractivity contribution in [2.24, 2.45) is 0 Å². The first-order valence-corrected chi connectivity index (χ1v) is 15.5. The predicted octanol–water partition coefficient (Wildman–Crippen LogP) is -6.63. The predicted molar refractivity (Wildman–Crippen MR) is 159 cm³/mol. The molecule has 2 aromatic carbocycles. The smallest absolute Gasteiger partial charge is 0.549 e. The summed E-state index contributed by atoms with van der Waals surface area (Å²) in [4.78, 5) is 71.5. The minimum Gasteiger partial charge on any atom is -0.549 e.